The number of carbonyl (C=O) groups is 3. The summed E-state index contributed by atoms with van der Waals surface area (Å²) >= 11 is 5.66. The lowest BCUT2D eigenvalue weighted by atomic mass is 9.95. The molecule has 0 radical (unpaired) electrons. The first kappa shape index (κ1) is 41.4. The van der Waals surface area contributed by atoms with Gasteiger partial charge >= 0.3 is 6.18 Å². The molecular formula is C37H44ClF3N6O6. The molecule has 286 valence electrons. The van der Waals surface area contributed by atoms with Gasteiger partial charge in [0.25, 0.3) is 11.8 Å². The molecule has 1 heterocycles. The highest BCUT2D eigenvalue weighted by molar-refractivity contribution is 6.31. The highest BCUT2D eigenvalue weighted by atomic mass is 35.5. The number of benzene rings is 3. The number of rotatable bonds is 19. The summed E-state index contributed by atoms with van der Waals surface area (Å²) in [4.78, 5) is 41.1. The van der Waals surface area contributed by atoms with Gasteiger partial charge in [0.2, 0.25) is 5.91 Å². The number of hydrogen-bond acceptors (Lipinski definition) is 9. The maximum Gasteiger partial charge on any atom is 0.417 e. The highest BCUT2D eigenvalue weighted by Gasteiger charge is 2.33. The van der Waals surface area contributed by atoms with Gasteiger partial charge in [-0.15, -0.1) is 0 Å². The number of amides is 3. The fourth-order valence-corrected chi connectivity index (χ4v) is 5.71. The lowest BCUT2D eigenvalue weighted by Gasteiger charge is -2.31. The SMILES string of the molecule is NCCOCCOCCOCCNC(=O)C1CCN(Cc2cccc(C(=O)Nc3ccccc3C(=O)N/N=C/c3ccc(Cl)c(C(F)(F)F)c3)c2)CC1. The van der Waals surface area contributed by atoms with Gasteiger partial charge in [0.05, 0.1) is 67.7 Å². The summed E-state index contributed by atoms with van der Waals surface area (Å²) in [6.07, 6.45) is -2.16. The van der Waals surface area contributed by atoms with Crippen molar-refractivity contribution in [2.75, 3.05) is 71.1 Å². The van der Waals surface area contributed by atoms with E-state index in [0.717, 1.165) is 37.0 Å². The van der Waals surface area contributed by atoms with E-state index in [-0.39, 0.29) is 28.6 Å². The fraction of sp³-hybridized carbons (Fsp3) is 0.405. The van der Waals surface area contributed by atoms with E-state index in [4.69, 9.17) is 31.5 Å². The molecule has 5 N–H and O–H groups in total. The molecule has 53 heavy (non-hydrogen) atoms. The average molecular weight is 761 g/mol. The Morgan fingerprint density at radius 2 is 1.58 bits per heavy atom. The van der Waals surface area contributed by atoms with Crippen LogP contribution in [-0.2, 0) is 31.7 Å². The average Bonchev–Trinajstić information content (AvgIpc) is 3.14. The zero-order valence-electron chi connectivity index (χ0n) is 29.1. The van der Waals surface area contributed by atoms with Crippen molar-refractivity contribution >= 4 is 41.2 Å². The smallest absolute Gasteiger partial charge is 0.378 e. The Kier molecular flexibility index (Phi) is 16.7. The molecule has 0 aliphatic carbocycles. The van der Waals surface area contributed by atoms with E-state index in [9.17, 15) is 27.6 Å². The minimum atomic E-state index is -4.65. The first-order chi connectivity index (χ1) is 25.5. The Balaban J connectivity index is 1.20. The topological polar surface area (TPSA) is 157 Å². The van der Waals surface area contributed by atoms with Gasteiger partial charge in [-0.3, -0.25) is 19.3 Å². The molecule has 0 saturated carbocycles. The van der Waals surface area contributed by atoms with E-state index in [1.54, 1.807) is 36.4 Å². The number of ether oxygens (including phenoxy) is 3. The third-order valence-corrected chi connectivity index (χ3v) is 8.53. The minimum Gasteiger partial charge on any atom is -0.378 e. The fourth-order valence-electron chi connectivity index (χ4n) is 5.49. The highest BCUT2D eigenvalue weighted by Crippen LogP contribution is 2.35. The molecule has 12 nitrogen and oxygen atoms in total. The number of hydrogen-bond donors (Lipinski definition) is 4. The van der Waals surface area contributed by atoms with Crippen LogP contribution in [0.25, 0.3) is 0 Å². The van der Waals surface area contributed by atoms with E-state index in [2.05, 4.69) is 26.1 Å². The Morgan fingerprint density at radius 3 is 2.30 bits per heavy atom. The number of para-hydroxylation sites is 1. The van der Waals surface area contributed by atoms with Gasteiger partial charge in [0, 0.05) is 31.1 Å². The molecule has 1 fully saturated rings. The predicted octanol–water partition coefficient (Wildman–Crippen LogP) is 4.71. The number of halogens is 4. The number of likely N-dealkylation sites (tertiary alicyclic amines) is 1. The maximum absolute atomic E-state index is 13.3. The second-order valence-corrected chi connectivity index (χ2v) is 12.5. The summed E-state index contributed by atoms with van der Waals surface area (Å²) in [6.45, 7) is 5.72. The molecule has 3 amide bonds. The first-order valence-electron chi connectivity index (χ1n) is 17.2. The summed E-state index contributed by atoms with van der Waals surface area (Å²) < 4.78 is 55.7. The van der Waals surface area contributed by atoms with Crippen LogP contribution < -0.4 is 21.8 Å². The molecule has 0 spiro atoms. The van der Waals surface area contributed by atoms with E-state index < -0.39 is 28.6 Å². The van der Waals surface area contributed by atoms with Crippen LogP contribution in [0, 0.1) is 5.92 Å². The van der Waals surface area contributed by atoms with Gasteiger partial charge in [-0.2, -0.15) is 18.3 Å². The number of piperidine rings is 1. The first-order valence-corrected chi connectivity index (χ1v) is 17.6. The molecule has 3 aromatic carbocycles. The predicted molar refractivity (Wildman–Crippen MR) is 195 cm³/mol. The molecule has 16 heteroatoms. The van der Waals surface area contributed by atoms with Gasteiger partial charge in [-0.25, -0.2) is 5.43 Å². The summed E-state index contributed by atoms with van der Waals surface area (Å²) in [5, 5.41) is 9.04. The van der Waals surface area contributed by atoms with Crippen molar-refractivity contribution in [2.45, 2.75) is 25.6 Å². The van der Waals surface area contributed by atoms with Gasteiger partial charge in [0.15, 0.2) is 0 Å². The molecule has 1 aliphatic rings. The largest absolute Gasteiger partial charge is 0.417 e. The van der Waals surface area contributed by atoms with Crippen LogP contribution in [0.4, 0.5) is 18.9 Å². The van der Waals surface area contributed by atoms with Crippen molar-refractivity contribution in [2.24, 2.45) is 16.8 Å². The quantitative estimate of drug-likeness (QED) is 0.0778. The van der Waals surface area contributed by atoms with Crippen molar-refractivity contribution in [3.8, 4) is 0 Å². The summed E-state index contributed by atoms with van der Waals surface area (Å²) in [6, 6.07) is 16.7. The Bertz CT molecular complexity index is 1690. The normalized spacial score (nSPS) is 14.0. The van der Waals surface area contributed by atoms with Crippen LogP contribution in [-0.4, -0.2) is 94.7 Å². The van der Waals surface area contributed by atoms with Crippen LogP contribution in [0.15, 0.2) is 71.8 Å². The van der Waals surface area contributed by atoms with Crippen molar-refractivity contribution in [3.63, 3.8) is 0 Å². The number of hydrazone groups is 1. The molecule has 0 bridgehead atoms. The molecular weight excluding hydrogens is 717 g/mol. The monoisotopic (exact) mass is 760 g/mol. The van der Waals surface area contributed by atoms with Crippen molar-refractivity contribution in [3.05, 3.63) is 99.6 Å². The minimum absolute atomic E-state index is 0.0158. The summed E-state index contributed by atoms with van der Waals surface area (Å²) in [5.41, 5.74) is 8.33. The number of nitrogens with zero attached hydrogens (tertiary/aromatic N) is 2. The second-order valence-electron chi connectivity index (χ2n) is 12.1. The number of nitrogens with two attached hydrogens (primary N) is 1. The lowest BCUT2D eigenvalue weighted by Crippen LogP contribution is -2.41. The van der Waals surface area contributed by atoms with E-state index in [1.165, 1.54) is 12.1 Å². The van der Waals surface area contributed by atoms with Crippen LogP contribution in [0.5, 0.6) is 0 Å². The van der Waals surface area contributed by atoms with E-state index >= 15 is 0 Å². The second kappa shape index (κ2) is 21.4. The van der Waals surface area contributed by atoms with Gasteiger partial charge in [-0.1, -0.05) is 41.9 Å². The number of anilines is 1. The van der Waals surface area contributed by atoms with E-state index in [1.807, 2.05) is 6.07 Å². The molecule has 4 rings (SSSR count). The zero-order chi connectivity index (χ0) is 38.1. The standard InChI is InChI=1S/C37H44ClF3N6O6/c38-32-9-8-26(23-31(32)37(39,40)41)24-44-46-36(50)30-6-1-2-7-33(30)45-35(49)29-5-3-4-27(22-29)25-47-14-10-28(11-15-47)34(48)43-13-17-52-19-21-53-20-18-51-16-12-42/h1-9,22-24,28H,10-21,25,42H2,(H,43,48)(H,45,49)(H,46,50)/b44-24+. The molecule has 0 unspecified atom stereocenters. The number of nitrogens with one attached hydrogen (secondary N) is 3. The molecule has 1 aliphatic heterocycles. The van der Waals surface area contributed by atoms with Crippen molar-refractivity contribution in [1.82, 2.24) is 15.6 Å². The number of alkyl halides is 3. The summed E-state index contributed by atoms with van der Waals surface area (Å²) in [5.74, 6) is -1.18. The Morgan fingerprint density at radius 1 is 0.887 bits per heavy atom. The lowest BCUT2D eigenvalue weighted by molar-refractivity contribution is -0.137. The van der Waals surface area contributed by atoms with Gasteiger partial charge in [0.1, 0.15) is 0 Å². The van der Waals surface area contributed by atoms with Gasteiger partial charge in [-0.05, 0) is 73.5 Å². The molecule has 0 atom stereocenters. The Hall–Kier alpha value is -4.38. The van der Waals surface area contributed by atoms with Crippen LogP contribution >= 0.6 is 11.6 Å². The number of carbonyl (C=O) groups excluding carboxylic acids is 3. The zero-order valence-corrected chi connectivity index (χ0v) is 29.9. The molecule has 0 aromatic heterocycles. The maximum atomic E-state index is 13.3. The molecule has 3 aromatic rings. The van der Waals surface area contributed by atoms with Crippen molar-refractivity contribution < 1.29 is 41.8 Å². The molecule has 1 saturated heterocycles. The third kappa shape index (κ3) is 13.8. The summed E-state index contributed by atoms with van der Waals surface area (Å²) in [7, 11) is 0. The van der Waals surface area contributed by atoms with Crippen molar-refractivity contribution in [1.29, 1.82) is 0 Å². The van der Waals surface area contributed by atoms with E-state index in [0.29, 0.717) is 77.7 Å². The Labute approximate surface area is 311 Å². The van der Waals surface area contributed by atoms with Crippen LogP contribution in [0.3, 0.4) is 0 Å². The third-order valence-electron chi connectivity index (χ3n) is 8.20. The van der Waals surface area contributed by atoms with Crippen LogP contribution in [0.2, 0.25) is 5.02 Å². The van der Waals surface area contributed by atoms with Crippen LogP contribution in [0.1, 0.15) is 50.2 Å². The van der Waals surface area contributed by atoms with Gasteiger partial charge < -0.3 is 30.6 Å².